The van der Waals surface area contributed by atoms with E-state index in [-0.39, 0.29) is 17.2 Å². The summed E-state index contributed by atoms with van der Waals surface area (Å²) in [5.41, 5.74) is 0.750. The van der Waals surface area contributed by atoms with E-state index < -0.39 is 10.5 Å². The smallest absolute Gasteiger partial charge is 0.349 e. The lowest BCUT2D eigenvalue weighted by atomic mass is 10.1. The molecule has 0 N–H and O–H groups in total. The molecule has 0 bridgehead atoms. The molecule has 0 spiro atoms. The number of amides is 1. The molecule has 2 heterocycles. The molecule has 4 rings (SSSR count). The molecule has 1 aliphatic heterocycles. The van der Waals surface area contributed by atoms with Gasteiger partial charge >= 0.3 is 5.63 Å². The average molecular weight is 379 g/mol. The Morgan fingerprint density at radius 2 is 1.68 bits per heavy atom. The van der Waals surface area contributed by atoms with Gasteiger partial charge in [0.15, 0.2) is 0 Å². The molecule has 8 heteroatoms. The molecular formula is C20H17N3O5. The number of nitrogens with zero attached hydrogens (tertiary/aromatic N) is 3. The molecule has 1 amide bonds. The molecule has 0 unspecified atom stereocenters. The summed E-state index contributed by atoms with van der Waals surface area (Å²) < 4.78 is 5.26. The fourth-order valence-corrected chi connectivity index (χ4v) is 3.33. The number of nitro benzene ring substituents is 1. The van der Waals surface area contributed by atoms with Crippen molar-refractivity contribution in [3.8, 4) is 0 Å². The highest BCUT2D eigenvalue weighted by Crippen LogP contribution is 2.21. The molecule has 142 valence electrons. The minimum absolute atomic E-state index is 0.0301. The summed E-state index contributed by atoms with van der Waals surface area (Å²) in [5, 5.41) is 11.5. The highest BCUT2D eigenvalue weighted by atomic mass is 16.6. The van der Waals surface area contributed by atoms with Crippen LogP contribution in [0.25, 0.3) is 11.0 Å². The van der Waals surface area contributed by atoms with Gasteiger partial charge in [0.1, 0.15) is 11.1 Å². The molecule has 1 aromatic heterocycles. The first-order valence-electron chi connectivity index (χ1n) is 8.84. The first-order valence-corrected chi connectivity index (χ1v) is 8.84. The lowest BCUT2D eigenvalue weighted by Crippen LogP contribution is -2.49. The average Bonchev–Trinajstić information content (AvgIpc) is 2.73. The Bertz CT molecular complexity index is 1100. The topological polar surface area (TPSA) is 96.9 Å². The van der Waals surface area contributed by atoms with Crippen LogP contribution < -0.4 is 10.5 Å². The Balaban J connectivity index is 1.47. The van der Waals surface area contributed by atoms with E-state index in [1.54, 1.807) is 41.3 Å². The Morgan fingerprint density at radius 1 is 1.00 bits per heavy atom. The SMILES string of the molecule is O=C(c1cc2ccccc2oc1=O)N1CCN(c2ccc([N+](=O)[O-])cc2)CC1. The maximum Gasteiger partial charge on any atom is 0.349 e. The normalized spacial score (nSPS) is 14.3. The van der Waals surface area contributed by atoms with Gasteiger partial charge in [-0.1, -0.05) is 18.2 Å². The quantitative estimate of drug-likeness (QED) is 0.394. The number of hydrogen-bond donors (Lipinski definition) is 0. The second kappa shape index (κ2) is 7.15. The van der Waals surface area contributed by atoms with Gasteiger partial charge in [0, 0.05) is 49.4 Å². The van der Waals surface area contributed by atoms with E-state index in [2.05, 4.69) is 4.90 Å². The standard InChI is InChI=1S/C20H17N3O5/c24-19(17-13-14-3-1-2-4-18(14)28-20(17)25)22-11-9-21(10-12-22)15-5-7-16(8-6-15)23(26)27/h1-8,13H,9-12H2. The van der Waals surface area contributed by atoms with E-state index >= 15 is 0 Å². The lowest BCUT2D eigenvalue weighted by Gasteiger charge is -2.36. The van der Waals surface area contributed by atoms with Crippen LogP contribution in [0.1, 0.15) is 10.4 Å². The largest absolute Gasteiger partial charge is 0.422 e. The van der Waals surface area contributed by atoms with Crippen LogP contribution in [0.3, 0.4) is 0 Å². The zero-order chi connectivity index (χ0) is 19.7. The van der Waals surface area contributed by atoms with Gasteiger partial charge in [-0.2, -0.15) is 0 Å². The van der Waals surface area contributed by atoms with Crippen LogP contribution >= 0.6 is 0 Å². The van der Waals surface area contributed by atoms with Crippen LogP contribution in [0.4, 0.5) is 11.4 Å². The molecule has 3 aromatic rings. The van der Waals surface area contributed by atoms with Gasteiger partial charge in [0.25, 0.3) is 11.6 Å². The number of anilines is 1. The number of benzene rings is 2. The van der Waals surface area contributed by atoms with Crippen molar-refractivity contribution >= 4 is 28.3 Å². The molecule has 28 heavy (non-hydrogen) atoms. The van der Waals surface area contributed by atoms with Crippen LogP contribution in [-0.4, -0.2) is 41.9 Å². The predicted octanol–water partition coefficient (Wildman–Crippen LogP) is 2.66. The van der Waals surface area contributed by atoms with Crippen molar-refractivity contribution in [2.24, 2.45) is 0 Å². The minimum atomic E-state index is -0.638. The first-order chi connectivity index (χ1) is 13.5. The Morgan fingerprint density at radius 3 is 2.36 bits per heavy atom. The van der Waals surface area contributed by atoms with Crippen molar-refractivity contribution in [3.05, 3.63) is 80.7 Å². The molecule has 2 aromatic carbocycles. The Hall–Kier alpha value is -3.68. The number of non-ortho nitro benzene ring substituents is 1. The summed E-state index contributed by atoms with van der Waals surface area (Å²) in [6.45, 7) is 2.04. The maximum atomic E-state index is 12.8. The highest BCUT2D eigenvalue weighted by molar-refractivity contribution is 5.96. The Kier molecular flexibility index (Phi) is 4.52. The second-order valence-corrected chi connectivity index (χ2v) is 6.54. The van der Waals surface area contributed by atoms with Gasteiger partial charge in [0.2, 0.25) is 0 Å². The number of para-hydroxylation sites is 1. The van der Waals surface area contributed by atoms with Gasteiger partial charge < -0.3 is 14.2 Å². The van der Waals surface area contributed by atoms with Crippen LogP contribution in [-0.2, 0) is 0 Å². The van der Waals surface area contributed by atoms with E-state index in [0.717, 1.165) is 5.69 Å². The number of carbonyl (C=O) groups excluding carboxylic acids is 1. The van der Waals surface area contributed by atoms with Gasteiger partial charge in [-0.25, -0.2) is 4.79 Å². The first kappa shape index (κ1) is 17.7. The molecule has 8 nitrogen and oxygen atoms in total. The third kappa shape index (κ3) is 3.32. The molecular weight excluding hydrogens is 362 g/mol. The van der Waals surface area contributed by atoms with Crippen molar-refractivity contribution < 1.29 is 14.1 Å². The van der Waals surface area contributed by atoms with Crippen molar-refractivity contribution in [3.63, 3.8) is 0 Å². The summed E-state index contributed by atoms with van der Waals surface area (Å²) in [7, 11) is 0. The van der Waals surface area contributed by atoms with E-state index in [0.29, 0.717) is 37.1 Å². The van der Waals surface area contributed by atoms with Crippen LogP contribution in [0.2, 0.25) is 0 Å². The van der Waals surface area contributed by atoms with Crippen molar-refractivity contribution in [2.45, 2.75) is 0 Å². The fourth-order valence-electron chi connectivity index (χ4n) is 3.33. The zero-order valence-corrected chi connectivity index (χ0v) is 14.9. The van der Waals surface area contributed by atoms with E-state index in [9.17, 15) is 19.7 Å². The summed E-state index contributed by atoms with van der Waals surface area (Å²) in [6, 6.07) is 15.0. The van der Waals surface area contributed by atoms with Gasteiger partial charge in [-0.15, -0.1) is 0 Å². The van der Waals surface area contributed by atoms with E-state index in [1.807, 2.05) is 6.07 Å². The summed E-state index contributed by atoms with van der Waals surface area (Å²) in [5.74, 6) is -0.345. The fraction of sp³-hybridized carbons (Fsp3) is 0.200. The van der Waals surface area contributed by atoms with Crippen LogP contribution in [0.15, 0.2) is 63.8 Å². The molecule has 0 aliphatic carbocycles. The highest BCUT2D eigenvalue weighted by Gasteiger charge is 2.25. The summed E-state index contributed by atoms with van der Waals surface area (Å²) in [6.07, 6.45) is 0. The summed E-state index contributed by atoms with van der Waals surface area (Å²) in [4.78, 5) is 39.0. The van der Waals surface area contributed by atoms with Crippen LogP contribution in [0, 0.1) is 10.1 Å². The van der Waals surface area contributed by atoms with Crippen molar-refractivity contribution in [2.75, 3.05) is 31.1 Å². The Labute approximate surface area is 159 Å². The van der Waals surface area contributed by atoms with Crippen LogP contribution in [0.5, 0.6) is 0 Å². The number of carbonyl (C=O) groups is 1. The molecule has 0 saturated carbocycles. The molecule has 1 fully saturated rings. The lowest BCUT2D eigenvalue weighted by molar-refractivity contribution is -0.384. The van der Waals surface area contributed by atoms with Gasteiger partial charge in [-0.3, -0.25) is 14.9 Å². The molecule has 0 atom stereocenters. The predicted molar refractivity (Wildman–Crippen MR) is 104 cm³/mol. The van der Waals surface area contributed by atoms with Gasteiger partial charge in [0.05, 0.1) is 4.92 Å². The zero-order valence-electron chi connectivity index (χ0n) is 14.9. The number of piperazine rings is 1. The van der Waals surface area contributed by atoms with E-state index in [1.165, 1.54) is 12.1 Å². The second-order valence-electron chi connectivity index (χ2n) is 6.54. The molecule has 1 saturated heterocycles. The number of rotatable bonds is 3. The maximum absolute atomic E-state index is 12.8. The van der Waals surface area contributed by atoms with Crippen molar-refractivity contribution in [1.82, 2.24) is 4.90 Å². The molecule has 1 aliphatic rings. The van der Waals surface area contributed by atoms with Crippen molar-refractivity contribution in [1.29, 1.82) is 0 Å². The third-order valence-corrected chi connectivity index (χ3v) is 4.86. The monoisotopic (exact) mass is 379 g/mol. The van der Waals surface area contributed by atoms with Gasteiger partial charge in [-0.05, 0) is 24.3 Å². The minimum Gasteiger partial charge on any atom is -0.422 e. The number of hydrogen-bond acceptors (Lipinski definition) is 6. The van der Waals surface area contributed by atoms with E-state index in [4.69, 9.17) is 4.42 Å². The molecule has 0 radical (unpaired) electrons. The third-order valence-electron chi connectivity index (χ3n) is 4.86. The number of nitro groups is 1. The summed E-state index contributed by atoms with van der Waals surface area (Å²) >= 11 is 0. The number of fused-ring (bicyclic) bond motifs is 1.